The van der Waals surface area contributed by atoms with E-state index in [1.165, 1.54) is 6.07 Å². The molecule has 98 valence electrons. The van der Waals surface area contributed by atoms with E-state index in [0.29, 0.717) is 25.5 Å². The maximum absolute atomic E-state index is 12.0. The van der Waals surface area contributed by atoms with Gasteiger partial charge in [0.15, 0.2) is 0 Å². The van der Waals surface area contributed by atoms with Crippen LogP contribution in [0, 0.1) is 3.57 Å². The topological polar surface area (TPSA) is 75.3 Å². The number of nitrogens with two attached hydrogens (primary N) is 1. The van der Waals surface area contributed by atoms with Gasteiger partial charge in [-0.1, -0.05) is 11.6 Å². The Hall–Kier alpha value is -1.47. The van der Waals surface area contributed by atoms with Crippen molar-refractivity contribution in [2.24, 2.45) is 0 Å². The summed E-state index contributed by atoms with van der Waals surface area (Å²) in [6.45, 7) is 0. The summed E-state index contributed by atoms with van der Waals surface area (Å²) in [4.78, 5) is 12.0. The van der Waals surface area contributed by atoms with Crippen molar-refractivity contribution in [1.82, 2.24) is 0 Å². The van der Waals surface area contributed by atoms with Gasteiger partial charge < -0.3 is 16.2 Å². The number of carbonyl (C=O) groups excluding carboxylic acids is 1. The number of rotatable bonds is 2. The smallest absolute Gasteiger partial charge is 0.255 e. The lowest BCUT2D eigenvalue weighted by molar-refractivity contribution is 0.102. The minimum absolute atomic E-state index is 0.0670. The molecule has 0 heterocycles. The first kappa shape index (κ1) is 14.0. The third-order valence-electron chi connectivity index (χ3n) is 2.47. The summed E-state index contributed by atoms with van der Waals surface area (Å²) in [7, 11) is 0. The lowest BCUT2D eigenvalue weighted by atomic mass is 10.2. The molecule has 0 bridgehead atoms. The van der Waals surface area contributed by atoms with Crippen molar-refractivity contribution in [2.75, 3.05) is 11.1 Å². The van der Waals surface area contributed by atoms with Crippen LogP contribution in [0.15, 0.2) is 36.4 Å². The first-order chi connectivity index (χ1) is 8.97. The standard InChI is InChI=1S/C13H10ClIN2O2/c14-8-2-4-11(10(16)6-8)17-13(19)7-1-3-9(15)12(18)5-7/h1-6,18H,16H2,(H,17,19). The second-order valence-electron chi connectivity index (χ2n) is 3.85. The van der Waals surface area contributed by atoms with Gasteiger partial charge in [-0.25, -0.2) is 0 Å². The van der Waals surface area contributed by atoms with Crippen LogP contribution in [-0.4, -0.2) is 11.0 Å². The molecule has 2 aromatic rings. The number of anilines is 2. The number of carbonyl (C=O) groups is 1. The zero-order valence-corrected chi connectivity index (χ0v) is 12.6. The Morgan fingerprint density at radius 3 is 2.63 bits per heavy atom. The van der Waals surface area contributed by atoms with E-state index in [1.807, 2.05) is 22.6 Å². The van der Waals surface area contributed by atoms with Crippen LogP contribution in [0.3, 0.4) is 0 Å². The molecule has 2 aromatic carbocycles. The summed E-state index contributed by atoms with van der Waals surface area (Å²) in [6, 6.07) is 9.52. The van der Waals surface area contributed by atoms with Gasteiger partial charge in [-0.2, -0.15) is 0 Å². The van der Waals surface area contributed by atoms with Crippen molar-refractivity contribution in [3.8, 4) is 5.75 Å². The number of hydrogen-bond donors (Lipinski definition) is 3. The molecule has 6 heteroatoms. The van der Waals surface area contributed by atoms with Crippen molar-refractivity contribution in [1.29, 1.82) is 0 Å². The molecule has 2 rings (SSSR count). The number of phenolic OH excluding ortho intramolecular Hbond substituents is 1. The van der Waals surface area contributed by atoms with Gasteiger partial charge in [0, 0.05) is 10.6 Å². The van der Waals surface area contributed by atoms with Crippen LogP contribution >= 0.6 is 34.2 Å². The number of nitrogen functional groups attached to an aromatic ring is 1. The highest BCUT2D eigenvalue weighted by Crippen LogP contribution is 2.24. The van der Waals surface area contributed by atoms with E-state index < -0.39 is 0 Å². The molecule has 0 atom stereocenters. The van der Waals surface area contributed by atoms with Crippen LogP contribution in [-0.2, 0) is 0 Å². The van der Waals surface area contributed by atoms with Crippen LogP contribution < -0.4 is 11.1 Å². The maximum Gasteiger partial charge on any atom is 0.255 e. The summed E-state index contributed by atoms with van der Waals surface area (Å²) in [6.07, 6.45) is 0. The van der Waals surface area contributed by atoms with E-state index in [1.54, 1.807) is 30.3 Å². The monoisotopic (exact) mass is 388 g/mol. The Kier molecular flexibility index (Phi) is 4.16. The van der Waals surface area contributed by atoms with Gasteiger partial charge in [0.25, 0.3) is 5.91 Å². The van der Waals surface area contributed by atoms with Gasteiger partial charge in [-0.3, -0.25) is 4.79 Å². The van der Waals surface area contributed by atoms with Crippen molar-refractivity contribution >= 4 is 51.5 Å². The number of nitrogens with one attached hydrogen (secondary N) is 1. The van der Waals surface area contributed by atoms with E-state index >= 15 is 0 Å². The van der Waals surface area contributed by atoms with E-state index in [0.717, 1.165) is 0 Å². The normalized spacial score (nSPS) is 10.2. The molecular weight excluding hydrogens is 379 g/mol. The van der Waals surface area contributed by atoms with E-state index in [2.05, 4.69) is 5.32 Å². The first-order valence-corrected chi connectivity index (χ1v) is 6.78. The molecule has 0 aliphatic rings. The van der Waals surface area contributed by atoms with Crippen LogP contribution in [0.25, 0.3) is 0 Å². The highest BCUT2D eigenvalue weighted by molar-refractivity contribution is 14.1. The fraction of sp³-hybridized carbons (Fsp3) is 0. The molecule has 0 fully saturated rings. The maximum atomic E-state index is 12.0. The number of amides is 1. The molecular formula is C13H10ClIN2O2. The average molecular weight is 389 g/mol. The van der Waals surface area contributed by atoms with E-state index in [-0.39, 0.29) is 11.7 Å². The van der Waals surface area contributed by atoms with E-state index in [9.17, 15) is 9.90 Å². The highest BCUT2D eigenvalue weighted by Gasteiger charge is 2.10. The van der Waals surface area contributed by atoms with Gasteiger partial charge in [0.1, 0.15) is 5.75 Å². The minimum atomic E-state index is -0.347. The Balaban J connectivity index is 2.23. The number of halogens is 2. The van der Waals surface area contributed by atoms with E-state index in [4.69, 9.17) is 17.3 Å². The highest BCUT2D eigenvalue weighted by atomic mass is 127. The summed E-state index contributed by atoms with van der Waals surface area (Å²) < 4.78 is 0.681. The lowest BCUT2D eigenvalue weighted by Gasteiger charge is -2.09. The van der Waals surface area contributed by atoms with Gasteiger partial charge >= 0.3 is 0 Å². The summed E-state index contributed by atoms with van der Waals surface area (Å²) in [5.74, 6) is -0.280. The molecule has 19 heavy (non-hydrogen) atoms. The minimum Gasteiger partial charge on any atom is -0.507 e. The van der Waals surface area contributed by atoms with Crippen LogP contribution in [0.2, 0.25) is 5.02 Å². The SMILES string of the molecule is Nc1cc(Cl)ccc1NC(=O)c1ccc(I)c(O)c1. The number of hydrogen-bond acceptors (Lipinski definition) is 3. The molecule has 4 nitrogen and oxygen atoms in total. The Bertz CT molecular complexity index is 647. The molecule has 0 aliphatic heterocycles. The Morgan fingerprint density at radius 1 is 1.26 bits per heavy atom. The zero-order chi connectivity index (χ0) is 14.0. The lowest BCUT2D eigenvalue weighted by Crippen LogP contribution is -2.13. The van der Waals surface area contributed by atoms with Gasteiger partial charge in [0.2, 0.25) is 0 Å². The molecule has 0 spiro atoms. The largest absolute Gasteiger partial charge is 0.507 e. The van der Waals surface area contributed by atoms with Crippen molar-refractivity contribution in [3.05, 3.63) is 50.6 Å². The summed E-state index contributed by atoms with van der Waals surface area (Å²) in [5.41, 5.74) is 6.97. The summed E-state index contributed by atoms with van der Waals surface area (Å²) in [5, 5.41) is 12.7. The molecule has 0 saturated carbocycles. The Labute approximate surface area is 128 Å². The number of aromatic hydroxyl groups is 1. The molecule has 0 radical (unpaired) electrons. The quantitative estimate of drug-likeness (QED) is 0.544. The van der Waals surface area contributed by atoms with Gasteiger partial charge in [-0.15, -0.1) is 0 Å². The van der Waals surface area contributed by atoms with Gasteiger partial charge in [-0.05, 0) is 59.0 Å². The number of benzene rings is 2. The van der Waals surface area contributed by atoms with Crippen molar-refractivity contribution in [2.45, 2.75) is 0 Å². The Morgan fingerprint density at radius 2 is 2.00 bits per heavy atom. The molecule has 0 aliphatic carbocycles. The fourth-order valence-electron chi connectivity index (χ4n) is 1.50. The molecule has 1 amide bonds. The van der Waals surface area contributed by atoms with Crippen LogP contribution in [0.1, 0.15) is 10.4 Å². The molecule has 0 unspecified atom stereocenters. The fourth-order valence-corrected chi connectivity index (χ4v) is 2.01. The molecule has 4 N–H and O–H groups in total. The molecule has 0 saturated heterocycles. The van der Waals surface area contributed by atoms with Crippen LogP contribution in [0.5, 0.6) is 5.75 Å². The second kappa shape index (κ2) is 5.66. The predicted molar refractivity (Wildman–Crippen MR) is 84.6 cm³/mol. The summed E-state index contributed by atoms with van der Waals surface area (Å²) >= 11 is 7.76. The number of phenols is 1. The van der Waals surface area contributed by atoms with Crippen molar-refractivity contribution in [3.63, 3.8) is 0 Å². The van der Waals surface area contributed by atoms with Crippen LogP contribution in [0.4, 0.5) is 11.4 Å². The third kappa shape index (κ3) is 3.30. The molecule has 0 aromatic heterocycles. The van der Waals surface area contributed by atoms with Crippen molar-refractivity contribution < 1.29 is 9.90 Å². The third-order valence-corrected chi connectivity index (χ3v) is 3.62. The van der Waals surface area contributed by atoms with Gasteiger partial charge in [0.05, 0.1) is 14.9 Å². The zero-order valence-electron chi connectivity index (χ0n) is 9.65. The average Bonchev–Trinajstić information content (AvgIpc) is 2.36. The predicted octanol–water partition coefficient (Wildman–Crippen LogP) is 3.48. The first-order valence-electron chi connectivity index (χ1n) is 5.32. The second-order valence-corrected chi connectivity index (χ2v) is 5.45.